The van der Waals surface area contributed by atoms with Crippen molar-refractivity contribution in [3.63, 3.8) is 0 Å². The third-order valence-electron chi connectivity index (χ3n) is 10.7. The van der Waals surface area contributed by atoms with Crippen LogP contribution in [-0.4, -0.2) is 97.9 Å². The van der Waals surface area contributed by atoms with Gasteiger partial charge >= 0.3 is 17.9 Å². The first-order chi connectivity index (χ1) is 18.9. The van der Waals surface area contributed by atoms with Crippen molar-refractivity contribution in [3.05, 3.63) is 11.1 Å². The third-order valence-corrected chi connectivity index (χ3v) is 10.7. The predicted molar refractivity (Wildman–Crippen MR) is 141 cm³/mol. The van der Waals surface area contributed by atoms with Gasteiger partial charge in [0, 0.05) is 24.8 Å². The molecule has 9 atom stereocenters. The quantitative estimate of drug-likeness (QED) is 0.170. The molecule has 10 nitrogen and oxygen atoms in total. The molecule has 0 unspecified atom stereocenters. The van der Waals surface area contributed by atoms with Gasteiger partial charge in [-0.1, -0.05) is 20.8 Å². The summed E-state index contributed by atoms with van der Waals surface area (Å²) in [6.07, 6.45) is 2.33. The number of esters is 3. The van der Waals surface area contributed by atoms with E-state index in [1.54, 1.807) is 0 Å². The average Bonchev–Trinajstić information content (AvgIpc) is 3.75. The van der Waals surface area contributed by atoms with Crippen LogP contribution in [-0.2, 0) is 42.8 Å². The summed E-state index contributed by atoms with van der Waals surface area (Å²) in [4.78, 5) is 39.7. The van der Waals surface area contributed by atoms with E-state index in [9.17, 15) is 14.4 Å². The van der Waals surface area contributed by atoms with Gasteiger partial charge in [-0.15, -0.1) is 0 Å². The Hall–Kier alpha value is -2.01. The molecular formula is C30H43NO9. The molecule has 10 heteroatoms. The van der Waals surface area contributed by atoms with E-state index in [-0.39, 0.29) is 48.7 Å². The number of ether oxygens (including phenoxy) is 6. The van der Waals surface area contributed by atoms with E-state index >= 15 is 0 Å². The first kappa shape index (κ1) is 28.1. The van der Waals surface area contributed by atoms with Gasteiger partial charge in [0.2, 0.25) is 0 Å². The minimum atomic E-state index is -0.789. The highest BCUT2D eigenvalue weighted by Gasteiger charge is 3.01. The third kappa shape index (κ3) is 3.64. The van der Waals surface area contributed by atoms with Gasteiger partial charge < -0.3 is 33.3 Å². The smallest absolute Gasteiger partial charge is 0.334 e. The average molecular weight is 562 g/mol. The van der Waals surface area contributed by atoms with Crippen molar-refractivity contribution in [3.8, 4) is 0 Å². The Labute approximate surface area is 236 Å². The van der Waals surface area contributed by atoms with Crippen LogP contribution in [0.15, 0.2) is 11.1 Å². The predicted octanol–water partition coefficient (Wildman–Crippen LogP) is 2.57. The van der Waals surface area contributed by atoms with Gasteiger partial charge in [-0.3, -0.25) is 9.59 Å². The zero-order valence-corrected chi connectivity index (χ0v) is 24.7. The molecule has 0 bridgehead atoms. The Kier molecular flexibility index (Phi) is 6.50. The van der Waals surface area contributed by atoms with Gasteiger partial charge in [-0.05, 0) is 70.2 Å². The lowest BCUT2D eigenvalue weighted by molar-refractivity contribution is -0.167. The molecule has 0 aromatic carbocycles. The van der Waals surface area contributed by atoms with Crippen molar-refractivity contribution < 1.29 is 42.8 Å². The molecule has 40 heavy (non-hydrogen) atoms. The summed E-state index contributed by atoms with van der Waals surface area (Å²) in [6.45, 7) is 10.5. The molecule has 6 aliphatic rings. The largest absolute Gasteiger partial charge is 0.462 e. The second-order valence-corrected chi connectivity index (χ2v) is 13.3. The molecule has 3 saturated heterocycles. The van der Waals surface area contributed by atoms with E-state index in [1.165, 1.54) is 13.8 Å². The molecule has 2 spiro atoms. The van der Waals surface area contributed by atoms with Gasteiger partial charge in [-0.25, -0.2) is 4.79 Å². The fourth-order valence-corrected chi connectivity index (χ4v) is 8.74. The summed E-state index contributed by atoms with van der Waals surface area (Å²) >= 11 is 0. The Balaban J connectivity index is 1.32. The lowest BCUT2D eigenvalue weighted by Crippen LogP contribution is -2.70. The van der Waals surface area contributed by atoms with Crippen molar-refractivity contribution in [2.75, 3.05) is 33.9 Å². The minimum absolute atomic E-state index is 0.0321. The first-order valence-corrected chi connectivity index (χ1v) is 14.7. The van der Waals surface area contributed by atoms with Crippen LogP contribution in [0.4, 0.5) is 0 Å². The minimum Gasteiger partial charge on any atom is -0.462 e. The monoisotopic (exact) mass is 561 g/mol. The molecule has 2 saturated carbocycles. The molecule has 0 amide bonds. The van der Waals surface area contributed by atoms with Gasteiger partial charge in [-0.2, -0.15) is 0 Å². The highest BCUT2D eigenvalue weighted by atomic mass is 16.8. The van der Waals surface area contributed by atoms with Crippen LogP contribution in [0.25, 0.3) is 0 Å². The number of epoxide rings is 3. The summed E-state index contributed by atoms with van der Waals surface area (Å²) in [5.74, 6) is -1.11. The maximum Gasteiger partial charge on any atom is 0.334 e. The molecule has 3 aliphatic carbocycles. The van der Waals surface area contributed by atoms with Gasteiger partial charge in [0.25, 0.3) is 0 Å². The summed E-state index contributed by atoms with van der Waals surface area (Å²) < 4.78 is 37.0. The maximum absolute atomic E-state index is 13.4. The fourth-order valence-electron chi connectivity index (χ4n) is 8.74. The number of carbonyl (C=O) groups excluding carboxylic acids is 3. The number of hydrogen-bond donors (Lipinski definition) is 0. The molecular weight excluding hydrogens is 518 g/mol. The Morgan fingerprint density at radius 1 is 1.02 bits per heavy atom. The summed E-state index contributed by atoms with van der Waals surface area (Å²) in [6, 6.07) is 0. The molecule has 5 fully saturated rings. The molecule has 3 aliphatic heterocycles. The van der Waals surface area contributed by atoms with E-state index in [4.69, 9.17) is 28.4 Å². The van der Waals surface area contributed by atoms with Crippen LogP contribution < -0.4 is 0 Å². The Bertz CT molecular complexity index is 1150. The van der Waals surface area contributed by atoms with Crippen LogP contribution in [0.1, 0.15) is 66.7 Å². The van der Waals surface area contributed by atoms with E-state index < -0.39 is 34.3 Å². The maximum atomic E-state index is 13.4. The number of fused-ring (bicyclic) bond motifs is 3. The molecule has 0 N–H and O–H groups in total. The molecule has 0 aromatic rings. The van der Waals surface area contributed by atoms with Crippen molar-refractivity contribution in [2.24, 2.45) is 17.3 Å². The van der Waals surface area contributed by atoms with Crippen molar-refractivity contribution >= 4 is 17.9 Å². The number of carbonyl (C=O) groups is 3. The van der Waals surface area contributed by atoms with Gasteiger partial charge in [0.05, 0.1) is 12.7 Å². The highest BCUT2D eigenvalue weighted by Crippen LogP contribution is 2.83. The normalized spacial score (nSPS) is 43.6. The highest BCUT2D eigenvalue weighted by molar-refractivity contribution is 5.90. The fraction of sp³-hybridized carbons (Fsp3) is 0.833. The van der Waals surface area contributed by atoms with Crippen LogP contribution in [0, 0.1) is 17.3 Å². The molecule has 222 valence electrons. The second-order valence-electron chi connectivity index (χ2n) is 13.3. The number of unbranched alkanes of at least 4 members (excludes halogenated alkanes) is 1. The van der Waals surface area contributed by atoms with Gasteiger partial charge in [0.1, 0.15) is 30.0 Å². The number of rotatable bonds is 10. The molecule has 0 radical (unpaired) electrons. The van der Waals surface area contributed by atoms with E-state index in [2.05, 4.69) is 25.7 Å². The van der Waals surface area contributed by atoms with Crippen LogP contribution >= 0.6 is 0 Å². The SMILES string of the molecule is CC(=O)OCC1=C(C(=O)OCCCCN(C)C)CC[C@@]2(C)[C@H]1C[C@@H]1O[C@@]13[C@H](OC(C)=O)[C@@]1(C(C)C)O[C@H]1[C@@H]1O[C@@]132. The van der Waals surface area contributed by atoms with E-state index in [0.29, 0.717) is 31.4 Å². The standard InChI is InChI=1S/C30H43NO9/c1-16(2)28-23(39-28)24-30(40-24)27(5)11-10-19(25(34)35-13-9-8-12-31(6)7)20(15-36-17(3)32)21(27)14-22-29(30,38-22)26(28)37-18(4)33/h16,21-24,26H,8-15H2,1-7H3/t21-,22-,23-,24-,26+,27-,28-,29+,30+/m0/s1. The van der Waals surface area contributed by atoms with Crippen LogP contribution in [0.3, 0.4) is 0 Å². The summed E-state index contributed by atoms with van der Waals surface area (Å²) in [7, 11) is 4.04. The van der Waals surface area contributed by atoms with Gasteiger partial charge in [0.15, 0.2) is 11.7 Å². The van der Waals surface area contributed by atoms with Crippen molar-refractivity contribution in [1.82, 2.24) is 4.90 Å². The first-order valence-electron chi connectivity index (χ1n) is 14.7. The lowest BCUT2D eigenvalue weighted by atomic mass is 9.46. The lowest BCUT2D eigenvalue weighted by Gasteiger charge is -2.54. The number of nitrogens with zero attached hydrogens (tertiary/aromatic N) is 1. The number of hydrogen-bond acceptors (Lipinski definition) is 10. The van der Waals surface area contributed by atoms with Crippen LogP contribution in [0.5, 0.6) is 0 Å². The van der Waals surface area contributed by atoms with E-state index in [1.807, 2.05) is 14.1 Å². The van der Waals surface area contributed by atoms with Crippen LogP contribution in [0.2, 0.25) is 0 Å². The molecule has 3 heterocycles. The molecule has 0 aromatic heterocycles. The van der Waals surface area contributed by atoms with E-state index in [0.717, 1.165) is 25.0 Å². The topological polar surface area (TPSA) is 120 Å². The molecule has 6 rings (SSSR count). The van der Waals surface area contributed by atoms with Crippen molar-refractivity contribution in [2.45, 2.75) is 108 Å². The second kappa shape index (κ2) is 9.24. The Morgan fingerprint density at radius 2 is 1.77 bits per heavy atom. The summed E-state index contributed by atoms with van der Waals surface area (Å²) in [5, 5.41) is 0. The summed E-state index contributed by atoms with van der Waals surface area (Å²) in [5.41, 5.74) is -1.16. The van der Waals surface area contributed by atoms with Crippen molar-refractivity contribution in [1.29, 1.82) is 0 Å². The zero-order valence-electron chi connectivity index (χ0n) is 24.7. The zero-order chi connectivity index (χ0) is 28.8. The Morgan fingerprint density at radius 3 is 2.42 bits per heavy atom.